The number of aliphatic hydroxyl groups excluding tert-OH is 1. The van der Waals surface area contributed by atoms with Gasteiger partial charge in [-0.3, -0.25) is 14.9 Å². The molecule has 7 nitrogen and oxygen atoms in total. The molecule has 4 rings (SSSR count). The lowest BCUT2D eigenvalue weighted by Gasteiger charge is -2.39. The normalized spacial score (nSPS) is 30.7. The molecular formula is C19H25ClN6O. The number of aliphatic hydroxyl groups is 1. The van der Waals surface area contributed by atoms with Crippen LogP contribution in [0.2, 0.25) is 5.02 Å². The third-order valence-electron chi connectivity index (χ3n) is 5.21. The summed E-state index contributed by atoms with van der Waals surface area (Å²) >= 11 is 6.32. The number of rotatable bonds is 3. The molecule has 1 aromatic rings. The Kier molecular flexibility index (Phi) is 4.56. The summed E-state index contributed by atoms with van der Waals surface area (Å²) in [7, 11) is 0. The van der Waals surface area contributed by atoms with Gasteiger partial charge in [-0.25, -0.2) is 9.98 Å². The van der Waals surface area contributed by atoms with Crippen LogP contribution in [0.25, 0.3) is 0 Å². The molecule has 0 spiro atoms. The summed E-state index contributed by atoms with van der Waals surface area (Å²) in [5.41, 5.74) is -0.0715. The first kappa shape index (κ1) is 18.5. The summed E-state index contributed by atoms with van der Waals surface area (Å²) in [6.45, 7) is 8.18. The molecule has 8 heteroatoms. The van der Waals surface area contributed by atoms with Gasteiger partial charge in [0.2, 0.25) is 5.66 Å². The Morgan fingerprint density at radius 3 is 2.85 bits per heavy atom. The molecule has 0 saturated carbocycles. The van der Waals surface area contributed by atoms with Gasteiger partial charge in [0.15, 0.2) is 5.84 Å². The summed E-state index contributed by atoms with van der Waals surface area (Å²) in [6, 6.07) is 3.66. The molecule has 1 N–H and O–H groups in total. The summed E-state index contributed by atoms with van der Waals surface area (Å²) < 4.78 is 0. The Morgan fingerprint density at radius 1 is 1.37 bits per heavy atom. The third kappa shape index (κ3) is 3.28. The van der Waals surface area contributed by atoms with Crippen molar-refractivity contribution < 1.29 is 5.11 Å². The lowest BCUT2D eigenvalue weighted by molar-refractivity contribution is 0.161. The number of pyridine rings is 1. The molecule has 3 aliphatic rings. The van der Waals surface area contributed by atoms with Crippen molar-refractivity contribution >= 4 is 30.0 Å². The zero-order chi connectivity index (χ0) is 19.2. The molecule has 144 valence electrons. The van der Waals surface area contributed by atoms with Gasteiger partial charge in [-0.1, -0.05) is 32.4 Å². The molecule has 0 bridgehead atoms. The zero-order valence-electron chi connectivity index (χ0n) is 15.9. The molecule has 0 aliphatic carbocycles. The van der Waals surface area contributed by atoms with E-state index in [1.165, 1.54) is 0 Å². The average Bonchev–Trinajstić information content (AvgIpc) is 3.21. The van der Waals surface area contributed by atoms with E-state index in [-0.39, 0.29) is 17.7 Å². The molecule has 4 heterocycles. The van der Waals surface area contributed by atoms with Gasteiger partial charge in [0, 0.05) is 24.7 Å². The maximum Gasteiger partial charge on any atom is 0.208 e. The van der Waals surface area contributed by atoms with Gasteiger partial charge in [0.1, 0.15) is 6.17 Å². The largest absolute Gasteiger partial charge is 0.392 e. The van der Waals surface area contributed by atoms with Crippen molar-refractivity contribution in [3.05, 3.63) is 29.0 Å². The first-order valence-corrected chi connectivity index (χ1v) is 9.64. The van der Waals surface area contributed by atoms with E-state index < -0.39 is 5.66 Å². The Morgan fingerprint density at radius 2 is 2.19 bits per heavy atom. The van der Waals surface area contributed by atoms with Crippen molar-refractivity contribution in [2.75, 3.05) is 13.1 Å². The van der Waals surface area contributed by atoms with Gasteiger partial charge in [-0.05, 0) is 18.6 Å². The quantitative estimate of drug-likeness (QED) is 0.861. The van der Waals surface area contributed by atoms with E-state index in [1.807, 2.05) is 23.2 Å². The van der Waals surface area contributed by atoms with E-state index in [2.05, 4.69) is 30.7 Å². The number of nitrogens with zero attached hydrogens (tertiary/aromatic N) is 6. The summed E-state index contributed by atoms with van der Waals surface area (Å²) in [5, 5.41) is 10.7. The van der Waals surface area contributed by atoms with E-state index >= 15 is 0 Å². The highest BCUT2D eigenvalue weighted by atomic mass is 35.5. The van der Waals surface area contributed by atoms with Crippen molar-refractivity contribution in [1.29, 1.82) is 0 Å². The molecule has 0 aromatic carbocycles. The van der Waals surface area contributed by atoms with Gasteiger partial charge < -0.3 is 10.0 Å². The highest BCUT2D eigenvalue weighted by Gasteiger charge is 2.51. The molecule has 1 aromatic heterocycles. The van der Waals surface area contributed by atoms with Crippen LogP contribution in [0.3, 0.4) is 0 Å². The standard InChI is InChI=1S/C19H25ClN6O/c1-18(2,3)16-22-11-19(26-8-6-13(27)9-26)17(24-16)25(12-23-19)10-15-14(20)5-4-7-21-15/h4-5,7,11-13,16,27H,6,8-10H2,1-3H3. The Labute approximate surface area is 164 Å². The van der Waals surface area contributed by atoms with E-state index in [1.54, 1.807) is 12.5 Å². The van der Waals surface area contributed by atoms with Gasteiger partial charge in [0.25, 0.3) is 0 Å². The average molecular weight is 389 g/mol. The second-order valence-electron chi connectivity index (χ2n) is 8.39. The van der Waals surface area contributed by atoms with E-state index in [9.17, 15) is 5.11 Å². The van der Waals surface area contributed by atoms with Crippen molar-refractivity contribution in [3.63, 3.8) is 0 Å². The lowest BCUT2D eigenvalue weighted by Crippen LogP contribution is -2.57. The number of likely N-dealkylation sites (tertiary alicyclic amines) is 1. The molecule has 0 amide bonds. The Bertz CT molecular complexity index is 817. The van der Waals surface area contributed by atoms with Crippen LogP contribution >= 0.6 is 11.6 Å². The number of aromatic nitrogens is 1. The predicted molar refractivity (Wildman–Crippen MR) is 107 cm³/mol. The van der Waals surface area contributed by atoms with Crippen LogP contribution in [-0.2, 0) is 6.54 Å². The SMILES string of the molecule is CC(C)(C)C1N=CC2(N3CCC(O)C3)N=CN(Cc3ncccc3Cl)C2=N1. The summed E-state index contributed by atoms with van der Waals surface area (Å²) in [5.74, 6) is 0.827. The molecule has 3 aliphatic heterocycles. The zero-order valence-corrected chi connectivity index (χ0v) is 16.6. The first-order chi connectivity index (χ1) is 12.8. The number of hydrogen-bond acceptors (Lipinski definition) is 7. The number of β-amino-alcohol motifs (C(OH)–C–C–N with tert-alkyl or cyclic N) is 1. The van der Waals surface area contributed by atoms with E-state index in [0.29, 0.717) is 18.1 Å². The Balaban J connectivity index is 1.70. The molecular weight excluding hydrogens is 364 g/mol. The topological polar surface area (TPSA) is 76.7 Å². The van der Waals surface area contributed by atoms with Crippen molar-refractivity contribution in [2.24, 2.45) is 20.4 Å². The fourth-order valence-corrected chi connectivity index (χ4v) is 3.83. The maximum atomic E-state index is 10.0. The number of hydrogen-bond donors (Lipinski definition) is 1. The van der Waals surface area contributed by atoms with Crippen molar-refractivity contribution in [1.82, 2.24) is 14.8 Å². The molecule has 3 unspecified atom stereocenters. The van der Waals surface area contributed by atoms with Crippen LogP contribution in [-0.4, -0.2) is 69.3 Å². The minimum atomic E-state index is -0.750. The van der Waals surface area contributed by atoms with Gasteiger partial charge in [-0.2, -0.15) is 0 Å². The van der Waals surface area contributed by atoms with Gasteiger partial charge in [0.05, 0.1) is 35.9 Å². The number of aliphatic imine (C=N–C) groups is 3. The lowest BCUT2D eigenvalue weighted by atomic mass is 9.91. The highest BCUT2D eigenvalue weighted by Crippen LogP contribution is 2.35. The van der Waals surface area contributed by atoms with Crippen LogP contribution in [0, 0.1) is 5.41 Å². The molecule has 1 fully saturated rings. The first-order valence-electron chi connectivity index (χ1n) is 9.27. The van der Waals surface area contributed by atoms with Crippen LogP contribution in [0.15, 0.2) is 33.3 Å². The Hall–Kier alpha value is -1.83. The fraction of sp³-hybridized carbons (Fsp3) is 0.579. The van der Waals surface area contributed by atoms with Crippen molar-refractivity contribution in [3.8, 4) is 0 Å². The molecule has 27 heavy (non-hydrogen) atoms. The van der Waals surface area contributed by atoms with Crippen LogP contribution in [0.5, 0.6) is 0 Å². The van der Waals surface area contributed by atoms with Gasteiger partial charge >= 0.3 is 0 Å². The van der Waals surface area contributed by atoms with Crippen LogP contribution in [0.1, 0.15) is 32.9 Å². The number of amidine groups is 1. The van der Waals surface area contributed by atoms with Crippen LogP contribution in [0.4, 0.5) is 0 Å². The minimum absolute atomic E-state index is 0.100. The van der Waals surface area contributed by atoms with Crippen LogP contribution < -0.4 is 0 Å². The van der Waals surface area contributed by atoms with Gasteiger partial charge in [-0.15, -0.1) is 0 Å². The second-order valence-corrected chi connectivity index (χ2v) is 8.80. The smallest absolute Gasteiger partial charge is 0.208 e. The highest BCUT2D eigenvalue weighted by molar-refractivity contribution is 6.31. The monoisotopic (exact) mass is 388 g/mol. The molecule has 0 radical (unpaired) electrons. The molecule has 3 atom stereocenters. The second kappa shape index (κ2) is 6.65. The molecule has 1 saturated heterocycles. The fourth-order valence-electron chi connectivity index (χ4n) is 3.65. The number of halogens is 1. The summed E-state index contributed by atoms with van der Waals surface area (Å²) in [6.07, 6.45) is 5.64. The third-order valence-corrected chi connectivity index (χ3v) is 5.55. The van der Waals surface area contributed by atoms with E-state index in [0.717, 1.165) is 24.5 Å². The number of fused-ring (bicyclic) bond motifs is 1. The summed E-state index contributed by atoms with van der Waals surface area (Å²) in [4.78, 5) is 23.1. The minimum Gasteiger partial charge on any atom is -0.392 e. The van der Waals surface area contributed by atoms with Crippen molar-refractivity contribution in [2.45, 2.75) is 51.7 Å². The maximum absolute atomic E-state index is 10.0. The van der Waals surface area contributed by atoms with E-state index in [4.69, 9.17) is 26.6 Å². The predicted octanol–water partition coefficient (Wildman–Crippen LogP) is 2.20.